The molecule has 3 aromatic carbocycles. The average Bonchev–Trinajstić information content (AvgIpc) is 2.91. The van der Waals surface area contributed by atoms with Gasteiger partial charge >= 0.3 is 0 Å². The minimum atomic E-state index is -3.85. The maximum atomic E-state index is 14.2. The Morgan fingerprint density at radius 3 is 2.10 bits per heavy atom. The van der Waals surface area contributed by atoms with Crippen LogP contribution in [0, 0.1) is 6.92 Å². The molecule has 214 valence electrons. The summed E-state index contributed by atoms with van der Waals surface area (Å²) in [6.07, 6.45) is 1.96. The van der Waals surface area contributed by atoms with E-state index in [0.29, 0.717) is 33.3 Å². The molecule has 0 saturated heterocycles. The zero-order chi connectivity index (χ0) is 29.4. The van der Waals surface area contributed by atoms with E-state index in [-0.39, 0.29) is 24.9 Å². The largest absolute Gasteiger partial charge is 0.352 e. The normalized spacial score (nSPS) is 12.8. The summed E-state index contributed by atoms with van der Waals surface area (Å²) in [4.78, 5) is 29.3. The highest BCUT2D eigenvalue weighted by atomic mass is 35.5. The molecule has 3 rings (SSSR count). The standard InChI is InChI=1S/C30H35Cl2N3O4S/c1-5-22(3)33-30(37)28(18-23-13-7-6-8-14-23)34(19-24-25(31)15-11-16-26(24)32)29(36)20-35(40(4,38)39)27-17-10-9-12-21(27)2/h6-17,22,28H,5,18-20H2,1-4H3,(H,33,37)/t22-,28+/m1/s1. The van der Waals surface area contributed by atoms with Crippen LogP contribution in [0.25, 0.3) is 0 Å². The zero-order valence-corrected chi connectivity index (χ0v) is 25.4. The highest BCUT2D eigenvalue weighted by Crippen LogP contribution is 2.28. The number of hydrogen-bond acceptors (Lipinski definition) is 4. The van der Waals surface area contributed by atoms with E-state index in [1.807, 2.05) is 44.2 Å². The number of sulfonamides is 1. The molecule has 0 bridgehead atoms. The molecule has 0 aliphatic heterocycles. The fraction of sp³-hybridized carbons (Fsp3) is 0.333. The van der Waals surface area contributed by atoms with Crippen LogP contribution in [-0.2, 0) is 32.6 Å². The van der Waals surface area contributed by atoms with E-state index in [1.165, 1.54) is 4.90 Å². The predicted molar refractivity (Wildman–Crippen MR) is 162 cm³/mol. The minimum absolute atomic E-state index is 0.0891. The van der Waals surface area contributed by atoms with Crippen LogP contribution < -0.4 is 9.62 Å². The molecule has 3 aromatic rings. The first kappa shape index (κ1) is 31.5. The lowest BCUT2D eigenvalue weighted by Gasteiger charge is -2.34. The molecular weight excluding hydrogens is 569 g/mol. The van der Waals surface area contributed by atoms with E-state index in [1.54, 1.807) is 49.4 Å². The summed E-state index contributed by atoms with van der Waals surface area (Å²) in [6.45, 7) is 5.02. The summed E-state index contributed by atoms with van der Waals surface area (Å²) in [5, 5.41) is 3.67. The number of halogens is 2. The van der Waals surface area contributed by atoms with Crippen molar-refractivity contribution in [2.45, 2.75) is 52.2 Å². The number of amides is 2. The Morgan fingerprint density at radius 2 is 1.52 bits per heavy atom. The summed E-state index contributed by atoms with van der Waals surface area (Å²) < 4.78 is 26.9. The van der Waals surface area contributed by atoms with Gasteiger partial charge in [0.25, 0.3) is 0 Å². The van der Waals surface area contributed by atoms with E-state index in [0.717, 1.165) is 16.1 Å². The van der Waals surface area contributed by atoms with Gasteiger partial charge < -0.3 is 10.2 Å². The van der Waals surface area contributed by atoms with Crippen LogP contribution in [0.1, 0.15) is 37.0 Å². The van der Waals surface area contributed by atoms with Gasteiger partial charge in [0.1, 0.15) is 12.6 Å². The van der Waals surface area contributed by atoms with Crippen LogP contribution in [0.15, 0.2) is 72.8 Å². The molecule has 0 radical (unpaired) electrons. The summed E-state index contributed by atoms with van der Waals surface area (Å²) in [5.74, 6) is -0.915. The maximum absolute atomic E-state index is 14.2. The topological polar surface area (TPSA) is 86.8 Å². The maximum Gasteiger partial charge on any atom is 0.244 e. The van der Waals surface area contributed by atoms with Crippen molar-refractivity contribution in [1.29, 1.82) is 0 Å². The number of anilines is 1. The number of carbonyl (C=O) groups is 2. The molecular formula is C30H35Cl2N3O4S. The lowest BCUT2D eigenvalue weighted by atomic mass is 10.0. The molecule has 0 saturated carbocycles. The van der Waals surface area contributed by atoms with E-state index in [2.05, 4.69) is 5.32 Å². The fourth-order valence-corrected chi connectivity index (χ4v) is 5.71. The van der Waals surface area contributed by atoms with Gasteiger partial charge in [0.15, 0.2) is 0 Å². The molecule has 2 atom stereocenters. The Labute approximate surface area is 247 Å². The molecule has 1 N–H and O–H groups in total. The van der Waals surface area contributed by atoms with Gasteiger partial charge in [-0.15, -0.1) is 0 Å². The van der Waals surface area contributed by atoms with Crippen molar-refractivity contribution in [3.8, 4) is 0 Å². The number of hydrogen-bond donors (Lipinski definition) is 1. The lowest BCUT2D eigenvalue weighted by Crippen LogP contribution is -2.54. The van der Waals surface area contributed by atoms with Gasteiger partial charge in [0, 0.05) is 34.6 Å². The van der Waals surface area contributed by atoms with Gasteiger partial charge in [-0.3, -0.25) is 13.9 Å². The number of nitrogens with one attached hydrogen (secondary N) is 1. The first-order chi connectivity index (χ1) is 18.9. The predicted octanol–water partition coefficient (Wildman–Crippen LogP) is 5.62. The molecule has 40 heavy (non-hydrogen) atoms. The zero-order valence-electron chi connectivity index (χ0n) is 23.1. The van der Waals surface area contributed by atoms with E-state index < -0.39 is 28.5 Å². The van der Waals surface area contributed by atoms with Gasteiger partial charge in [0.05, 0.1) is 11.9 Å². The van der Waals surface area contributed by atoms with Crippen LogP contribution in [0.5, 0.6) is 0 Å². The third-order valence-corrected chi connectivity index (χ3v) is 8.56. The Kier molecular flexibility index (Phi) is 11.0. The number of nitrogens with zero attached hydrogens (tertiary/aromatic N) is 2. The SMILES string of the molecule is CC[C@@H](C)NC(=O)[C@H](Cc1ccccc1)N(Cc1c(Cl)cccc1Cl)C(=O)CN(c1ccccc1C)S(C)(=O)=O. The van der Waals surface area contributed by atoms with Gasteiger partial charge in [-0.25, -0.2) is 8.42 Å². The molecule has 0 heterocycles. The highest BCUT2D eigenvalue weighted by Gasteiger charge is 2.34. The van der Waals surface area contributed by atoms with Crippen LogP contribution in [0.2, 0.25) is 10.0 Å². The molecule has 0 fully saturated rings. The first-order valence-corrected chi connectivity index (χ1v) is 15.6. The smallest absolute Gasteiger partial charge is 0.244 e. The Morgan fingerprint density at radius 1 is 0.925 bits per heavy atom. The van der Waals surface area contributed by atoms with Crippen molar-refractivity contribution in [3.63, 3.8) is 0 Å². The van der Waals surface area contributed by atoms with Crippen LogP contribution in [0.4, 0.5) is 5.69 Å². The average molecular weight is 605 g/mol. The van der Waals surface area contributed by atoms with Crippen LogP contribution >= 0.6 is 23.2 Å². The summed E-state index contributed by atoms with van der Waals surface area (Å²) in [7, 11) is -3.85. The third-order valence-electron chi connectivity index (χ3n) is 6.73. The van der Waals surface area contributed by atoms with Crippen molar-refractivity contribution in [3.05, 3.63) is 99.5 Å². The first-order valence-electron chi connectivity index (χ1n) is 13.0. The number of carbonyl (C=O) groups excluding carboxylic acids is 2. The van der Waals surface area contributed by atoms with E-state index >= 15 is 0 Å². The molecule has 0 unspecified atom stereocenters. The number of benzene rings is 3. The third kappa shape index (κ3) is 8.22. The Balaban J connectivity index is 2.12. The van der Waals surface area contributed by atoms with Crippen LogP contribution in [-0.4, -0.2) is 50.0 Å². The van der Waals surface area contributed by atoms with Crippen molar-refractivity contribution >= 4 is 50.7 Å². The molecule has 10 heteroatoms. The summed E-state index contributed by atoms with van der Waals surface area (Å²) >= 11 is 13.0. The summed E-state index contributed by atoms with van der Waals surface area (Å²) in [5.41, 5.74) is 2.39. The molecule has 0 spiro atoms. The molecule has 0 aliphatic rings. The second-order valence-electron chi connectivity index (χ2n) is 9.80. The lowest BCUT2D eigenvalue weighted by molar-refractivity contribution is -0.140. The van der Waals surface area contributed by atoms with E-state index in [9.17, 15) is 18.0 Å². The molecule has 7 nitrogen and oxygen atoms in total. The molecule has 2 amide bonds. The number of aryl methyl sites for hydroxylation is 1. The second-order valence-corrected chi connectivity index (χ2v) is 12.5. The highest BCUT2D eigenvalue weighted by molar-refractivity contribution is 7.92. The quantitative estimate of drug-likeness (QED) is 0.291. The Bertz CT molecular complexity index is 1410. The van der Waals surface area contributed by atoms with Crippen molar-refractivity contribution in [1.82, 2.24) is 10.2 Å². The van der Waals surface area contributed by atoms with Gasteiger partial charge in [-0.2, -0.15) is 0 Å². The number of para-hydroxylation sites is 1. The molecule has 0 aromatic heterocycles. The van der Waals surface area contributed by atoms with Gasteiger partial charge in [-0.1, -0.05) is 84.7 Å². The minimum Gasteiger partial charge on any atom is -0.352 e. The number of rotatable bonds is 12. The van der Waals surface area contributed by atoms with Crippen molar-refractivity contribution < 1.29 is 18.0 Å². The fourth-order valence-electron chi connectivity index (χ4n) is 4.29. The molecule has 0 aliphatic carbocycles. The van der Waals surface area contributed by atoms with Gasteiger partial charge in [0.2, 0.25) is 21.8 Å². The summed E-state index contributed by atoms with van der Waals surface area (Å²) in [6, 6.07) is 20.2. The second kappa shape index (κ2) is 14.0. The van der Waals surface area contributed by atoms with Crippen molar-refractivity contribution in [2.75, 3.05) is 17.1 Å². The van der Waals surface area contributed by atoms with Crippen molar-refractivity contribution in [2.24, 2.45) is 0 Å². The van der Waals surface area contributed by atoms with Crippen LogP contribution in [0.3, 0.4) is 0 Å². The monoisotopic (exact) mass is 603 g/mol. The van der Waals surface area contributed by atoms with E-state index in [4.69, 9.17) is 23.2 Å². The van der Waals surface area contributed by atoms with Gasteiger partial charge in [-0.05, 0) is 49.6 Å². The Hall–Kier alpha value is -3.07.